The number of hydrazone groups is 1. The van der Waals surface area contributed by atoms with Gasteiger partial charge in [0.2, 0.25) is 5.91 Å². The van der Waals surface area contributed by atoms with E-state index in [-0.39, 0.29) is 5.91 Å². The number of amides is 1. The number of benzene rings is 1. The molecular weight excluding hydrogens is 238 g/mol. The lowest BCUT2D eigenvalue weighted by molar-refractivity contribution is -0.120. The monoisotopic (exact) mass is 255 g/mol. The van der Waals surface area contributed by atoms with Crippen LogP contribution in [0.2, 0.25) is 0 Å². The van der Waals surface area contributed by atoms with Crippen molar-refractivity contribution in [1.82, 2.24) is 9.99 Å². The Morgan fingerprint density at radius 2 is 2.05 bits per heavy atom. The third-order valence-corrected chi connectivity index (χ3v) is 2.87. The molecule has 0 saturated carbocycles. The molecular formula is C15H17N3O. The Kier molecular flexibility index (Phi) is 4.13. The van der Waals surface area contributed by atoms with Crippen molar-refractivity contribution in [3.8, 4) is 0 Å². The average molecular weight is 255 g/mol. The van der Waals surface area contributed by atoms with Gasteiger partial charge in [-0.2, -0.15) is 5.10 Å². The van der Waals surface area contributed by atoms with Crippen LogP contribution in [-0.4, -0.2) is 16.7 Å². The van der Waals surface area contributed by atoms with Crippen molar-refractivity contribution in [2.45, 2.75) is 13.3 Å². The van der Waals surface area contributed by atoms with Gasteiger partial charge in [-0.05, 0) is 24.6 Å². The zero-order valence-corrected chi connectivity index (χ0v) is 11.1. The first-order valence-corrected chi connectivity index (χ1v) is 6.14. The van der Waals surface area contributed by atoms with Gasteiger partial charge in [0, 0.05) is 18.9 Å². The van der Waals surface area contributed by atoms with Crippen molar-refractivity contribution < 1.29 is 4.79 Å². The molecule has 4 heteroatoms. The third kappa shape index (κ3) is 3.81. The van der Waals surface area contributed by atoms with Gasteiger partial charge < -0.3 is 4.57 Å². The van der Waals surface area contributed by atoms with Gasteiger partial charge in [0.15, 0.2) is 0 Å². The smallest absolute Gasteiger partial charge is 0.245 e. The molecule has 0 bridgehead atoms. The molecule has 0 aliphatic heterocycles. The summed E-state index contributed by atoms with van der Waals surface area (Å²) in [5, 5.41) is 3.95. The van der Waals surface area contributed by atoms with Crippen molar-refractivity contribution in [2.75, 3.05) is 0 Å². The SMILES string of the molecule is Cc1ccc(/C=N\NC(=O)Cc2cccn2C)cc1. The first kappa shape index (κ1) is 13.1. The van der Waals surface area contributed by atoms with Crippen LogP contribution in [0.5, 0.6) is 0 Å². The highest BCUT2D eigenvalue weighted by molar-refractivity contribution is 5.83. The highest BCUT2D eigenvalue weighted by atomic mass is 16.2. The molecule has 2 rings (SSSR count). The van der Waals surface area contributed by atoms with Crippen LogP contribution in [-0.2, 0) is 18.3 Å². The number of nitrogens with zero attached hydrogens (tertiary/aromatic N) is 2. The molecule has 0 aliphatic carbocycles. The second kappa shape index (κ2) is 6.00. The molecule has 98 valence electrons. The van der Waals surface area contributed by atoms with Gasteiger partial charge >= 0.3 is 0 Å². The summed E-state index contributed by atoms with van der Waals surface area (Å²) in [4.78, 5) is 11.7. The molecule has 0 unspecified atom stereocenters. The van der Waals surface area contributed by atoms with Crippen molar-refractivity contribution in [1.29, 1.82) is 0 Å². The number of rotatable bonds is 4. The normalized spacial score (nSPS) is 10.8. The summed E-state index contributed by atoms with van der Waals surface area (Å²) < 4.78 is 1.92. The Morgan fingerprint density at radius 3 is 2.68 bits per heavy atom. The molecule has 0 atom stereocenters. The average Bonchev–Trinajstić information content (AvgIpc) is 2.78. The van der Waals surface area contributed by atoms with Crippen molar-refractivity contribution >= 4 is 12.1 Å². The van der Waals surface area contributed by atoms with Crippen LogP contribution in [0.4, 0.5) is 0 Å². The number of nitrogens with one attached hydrogen (secondary N) is 1. The lowest BCUT2D eigenvalue weighted by Crippen LogP contribution is -2.20. The molecule has 19 heavy (non-hydrogen) atoms. The molecule has 1 aromatic carbocycles. The van der Waals surface area contributed by atoms with Gasteiger partial charge in [-0.3, -0.25) is 4.79 Å². The number of carbonyl (C=O) groups excluding carboxylic acids is 1. The lowest BCUT2D eigenvalue weighted by atomic mass is 10.2. The fraction of sp³-hybridized carbons (Fsp3) is 0.200. The van der Waals surface area contributed by atoms with Gasteiger partial charge in [-0.15, -0.1) is 0 Å². The molecule has 0 spiro atoms. The maximum absolute atomic E-state index is 11.7. The van der Waals surface area contributed by atoms with Crippen LogP contribution in [0.25, 0.3) is 0 Å². The van der Waals surface area contributed by atoms with E-state index in [9.17, 15) is 4.79 Å². The summed E-state index contributed by atoms with van der Waals surface area (Å²) in [5.41, 5.74) is 5.65. The Morgan fingerprint density at radius 1 is 1.32 bits per heavy atom. The molecule has 0 saturated heterocycles. The predicted molar refractivity (Wildman–Crippen MR) is 76.0 cm³/mol. The predicted octanol–water partition coefficient (Wildman–Crippen LogP) is 2.03. The maximum Gasteiger partial charge on any atom is 0.245 e. The fourth-order valence-corrected chi connectivity index (χ4v) is 1.72. The summed E-state index contributed by atoms with van der Waals surface area (Å²) in [6.45, 7) is 2.03. The number of carbonyl (C=O) groups is 1. The Bertz CT molecular complexity index is 582. The Labute approximate surface area is 112 Å². The van der Waals surface area contributed by atoms with Crippen molar-refractivity contribution in [2.24, 2.45) is 12.1 Å². The van der Waals surface area contributed by atoms with E-state index in [1.54, 1.807) is 6.21 Å². The topological polar surface area (TPSA) is 46.4 Å². The first-order valence-electron chi connectivity index (χ1n) is 6.14. The largest absolute Gasteiger partial charge is 0.354 e. The quantitative estimate of drug-likeness (QED) is 0.659. The molecule has 1 amide bonds. The molecule has 1 aromatic heterocycles. The number of aromatic nitrogens is 1. The number of hydrogen-bond acceptors (Lipinski definition) is 2. The number of hydrogen-bond donors (Lipinski definition) is 1. The summed E-state index contributed by atoms with van der Waals surface area (Å²) in [6.07, 6.45) is 3.88. The highest BCUT2D eigenvalue weighted by Crippen LogP contribution is 2.01. The van der Waals surface area contributed by atoms with Crippen LogP contribution in [0, 0.1) is 6.92 Å². The standard InChI is InChI=1S/C15H17N3O/c1-12-5-7-13(8-6-12)11-16-17-15(19)10-14-4-3-9-18(14)2/h3-9,11H,10H2,1-2H3,(H,17,19)/b16-11-. The summed E-state index contributed by atoms with van der Waals surface area (Å²) in [7, 11) is 1.91. The van der Waals surface area contributed by atoms with Gasteiger partial charge in [0.1, 0.15) is 0 Å². The summed E-state index contributed by atoms with van der Waals surface area (Å²) >= 11 is 0. The Hall–Kier alpha value is -2.36. The van der Waals surface area contributed by atoms with Crippen LogP contribution >= 0.6 is 0 Å². The van der Waals surface area contributed by atoms with E-state index in [4.69, 9.17) is 0 Å². The highest BCUT2D eigenvalue weighted by Gasteiger charge is 2.04. The number of aryl methyl sites for hydroxylation is 2. The minimum atomic E-state index is -0.120. The molecule has 0 fully saturated rings. The van der Waals surface area contributed by atoms with Crippen LogP contribution in [0.3, 0.4) is 0 Å². The second-order valence-corrected chi connectivity index (χ2v) is 4.49. The van der Waals surface area contributed by atoms with Gasteiger partial charge in [-0.25, -0.2) is 5.43 Å². The van der Waals surface area contributed by atoms with E-state index in [1.165, 1.54) is 5.56 Å². The van der Waals surface area contributed by atoms with Crippen LogP contribution < -0.4 is 5.43 Å². The minimum absolute atomic E-state index is 0.120. The molecule has 0 radical (unpaired) electrons. The van der Waals surface area contributed by atoms with E-state index in [1.807, 2.05) is 61.1 Å². The maximum atomic E-state index is 11.7. The molecule has 1 N–H and O–H groups in total. The van der Waals surface area contributed by atoms with E-state index < -0.39 is 0 Å². The summed E-state index contributed by atoms with van der Waals surface area (Å²) in [6, 6.07) is 11.8. The van der Waals surface area contributed by atoms with Crippen LogP contribution in [0.15, 0.2) is 47.7 Å². The van der Waals surface area contributed by atoms with Gasteiger partial charge in [0.05, 0.1) is 12.6 Å². The zero-order valence-electron chi connectivity index (χ0n) is 11.1. The van der Waals surface area contributed by atoms with Crippen molar-refractivity contribution in [3.05, 3.63) is 59.4 Å². The molecule has 0 aliphatic rings. The zero-order chi connectivity index (χ0) is 13.7. The van der Waals surface area contributed by atoms with Crippen LogP contribution in [0.1, 0.15) is 16.8 Å². The van der Waals surface area contributed by atoms with E-state index in [0.717, 1.165) is 11.3 Å². The van der Waals surface area contributed by atoms with E-state index in [0.29, 0.717) is 6.42 Å². The second-order valence-electron chi connectivity index (χ2n) is 4.49. The molecule has 2 aromatic rings. The van der Waals surface area contributed by atoms with E-state index in [2.05, 4.69) is 10.5 Å². The minimum Gasteiger partial charge on any atom is -0.354 e. The molecule has 1 heterocycles. The van der Waals surface area contributed by atoms with E-state index >= 15 is 0 Å². The molecule has 4 nitrogen and oxygen atoms in total. The van der Waals surface area contributed by atoms with Gasteiger partial charge in [0.25, 0.3) is 0 Å². The third-order valence-electron chi connectivity index (χ3n) is 2.87. The summed E-state index contributed by atoms with van der Waals surface area (Å²) in [5.74, 6) is -0.120. The van der Waals surface area contributed by atoms with Gasteiger partial charge in [-0.1, -0.05) is 29.8 Å². The lowest BCUT2D eigenvalue weighted by Gasteiger charge is -2.02. The Balaban J connectivity index is 1.86. The fourth-order valence-electron chi connectivity index (χ4n) is 1.72. The first-order chi connectivity index (χ1) is 9.15. The van der Waals surface area contributed by atoms with Crippen molar-refractivity contribution in [3.63, 3.8) is 0 Å².